The number of methoxy groups -OCH3 is 1. The van der Waals surface area contributed by atoms with Gasteiger partial charge in [-0.15, -0.1) is 0 Å². The Kier molecular flexibility index (Phi) is 4.69. The maximum Gasteiger partial charge on any atom is 0.286 e. The van der Waals surface area contributed by atoms with E-state index in [9.17, 15) is 14.7 Å². The van der Waals surface area contributed by atoms with Gasteiger partial charge in [-0.2, -0.15) is 4.99 Å². The summed E-state index contributed by atoms with van der Waals surface area (Å²) in [6.45, 7) is 1.34. The van der Waals surface area contributed by atoms with Crippen LogP contribution >= 0.6 is 27.7 Å². The van der Waals surface area contributed by atoms with E-state index in [1.54, 1.807) is 18.2 Å². The number of carbonyl (C=O) groups is 2. The lowest BCUT2D eigenvalue weighted by Gasteiger charge is -2.07. The van der Waals surface area contributed by atoms with E-state index in [-0.39, 0.29) is 22.6 Å². The molecule has 110 valence electrons. The quantitative estimate of drug-likeness (QED) is 0.779. The van der Waals surface area contributed by atoms with E-state index >= 15 is 0 Å². The van der Waals surface area contributed by atoms with Crippen LogP contribution in [0.25, 0.3) is 6.08 Å². The van der Waals surface area contributed by atoms with Crippen LogP contribution in [0.5, 0.6) is 11.5 Å². The highest BCUT2D eigenvalue weighted by molar-refractivity contribution is 9.10. The second-order valence-corrected chi connectivity index (χ2v) is 5.95. The number of ether oxygens (including phenoxy) is 1. The number of phenols is 1. The Morgan fingerprint density at radius 2 is 2.24 bits per heavy atom. The molecule has 0 unspecified atom stereocenters. The van der Waals surface area contributed by atoms with Crippen molar-refractivity contribution in [2.24, 2.45) is 4.99 Å². The molecular weight excluding hydrogens is 360 g/mol. The number of phenolic OH excluding ortho intramolecular Hbond substituents is 1. The summed E-state index contributed by atoms with van der Waals surface area (Å²) in [5.41, 5.74) is 0.659. The highest BCUT2D eigenvalue weighted by atomic mass is 79.9. The summed E-state index contributed by atoms with van der Waals surface area (Å²) in [5.74, 6) is -0.439. The highest BCUT2D eigenvalue weighted by Crippen LogP contribution is 2.37. The Labute approximate surface area is 133 Å². The van der Waals surface area contributed by atoms with E-state index in [1.165, 1.54) is 14.0 Å². The van der Waals surface area contributed by atoms with Gasteiger partial charge in [-0.25, -0.2) is 0 Å². The van der Waals surface area contributed by atoms with Gasteiger partial charge >= 0.3 is 0 Å². The lowest BCUT2D eigenvalue weighted by atomic mass is 10.2. The molecule has 2 amide bonds. The molecule has 1 aliphatic rings. The second kappa shape index (κ2) is 6.31. The fourth-order valence-corrected chi connectivity index (χ4v) is 2.92. The third kappa shape index (κ3) is 3.64. The van der Waals surface area contributed by atoms with Crippen LogP contribution in [0.3, 0.4) is 0 Å². The largest absolute Gasteiger partial charge is 0.503 e. The minimum atomic E-state index is -0.424. The van der Waals surface area contributed by atoms with Gasteiger partial charge in [0.2, 0.25) is 5.91 Å². The van der Waals surface area contributed by atoms with Gasteiger partial charge in [0.25, 0.3) is 5.91 Å². The number of aromatic hydroxyl groups is 1. The third-order valence-electron chi connectivity index (χ3n) is 2.47. The van der Waals surface area contributed by atoms with Gasteiger partial charge in [0.1, 0.15) is 0 Å². The fraction of sp³-hybridized carbons (Fsp3) is 0.154. The normalized spacial score (nSPS) is 16.0. The lowest BCUT2D eigenvalue weighted by molar-refractivity contribution is -0.117. The van der Waals surface area contributed by atoms with Crippen LogP contribution in [0.2, 0.25) is 0 Å². The van der Waals surface area contributed by atoms with Crippen LogP contribution in [-0.2, 0) is 9.59 Å². The topological polar surface area (TPSA) is 88.0 Å². The molecule has 0 radical (unpaired) electrons. The van der Waals surface area contributed by atoms with Crippen LogP contribution in [0.4, 0.5) is 0 Å². The summed E-state index contributed by atoms with van der Waals surface area (Å²) in [4.78, 5) is 26.8. The maximum atomic E-state index is 11.8. The molecule has 1 aromatic rings. The molecule has 1 aromatic carbocycles. The first-order valence-corrected chi connectivity index (χ1v) is 7.38. The number of benzene rings is 1. The summed E-state index contributed by atoms with van der Waals surface area (Å²) in [7, 11) is 1.44. The van der Waals surface area contributed by atoms with Gasteiger partial charge in [-0.3, -0.25) is 9.59 Å². The summed E-state index contributed by atoms with van der Waals surface area (Å²) >= 11 is 4.29. The van der Waals surface area contributed by atoms with Gasteiger partial charge in [0.05, 0.1) is 16.5 Å². The molecule has 0 fully saturated rings. The lowest BCUT2D eigenvalue weighted by Crippen LogP contribution is -2.23. The van der Waals surface area contributed by atoms with E-state index in [0.717, 1.165) is 11.8 Å². The molecule has 0 saturated carbocycles. The minimum Gasteiger partial charge on any atom is -0.503 e. The molecule has 0 saturated heterocycles. The van der Waals surface area contributed by atoms with E-state index in [0.29, 0.717) is 14.9 Å². The van der Waals surface area contributed by atoms with Crippen molar-refractivity contribution in [3.8, 4) is 11.5 Å². The van der Waals surface area contributed by atoms with E-state index in [1.807, 2.05) is 0 Å². The number of amidine groups is 1. The van der Waals surface area contributed by atoms with Gasteiger partial charge in [0.15, 0.2) is 16.7 Å². The average Bonchev–Trinajstić information content (AvgIpc) is 2.72. The van der Waals surface area contributed by atoms with Gasteiger partial charge in [-0.1, -0.05) is 0 Å². The van der Waals surface area contributed by atoms with E-state index in [2.05, 4.69) is 26.2 Å². The molecule has 21 heavy (non-hydrogen) atoms. The molecule has 0 aliphatic carbocycles. The van der Waals surface area contributed by atoms with Crippen LogP contribution in [0.15, 0.2) is 26.5 Å². The number of carbonyl (C=O) groups excluding carboxylic acids is 2. The zero-order valence-electron chi connectivity index (χ0n) is 11.1. The first-order valence-electron chi connectivity index (χ1n) is 5.77. The molecule has 0 aromatic heterocycles. The predicted molar refractivity (Wildman–Crippen MR) is 84.2 cm³/mol. The Balaban J connectivity index is 2.28. The highest BCUT2D eigenvalue weighted by Gasteiger charge is 2.22. The number of halogens is 1. The standard InChI is InChI=1S/C13H11BrN2O4S/c1-6(17)15-13-16-12(19)10(21-13)5-7-3-8(14)11(18)9(4-7)20-2/h3-5,18H,1-2H3,(H,15,16,17,19)/b10-5+. The zero-order valence-corrected chi connectivity index (χ0v) is 13.5. The first kappa shape index (κ1) is 15.6. The maximum absolute atomic E-state index is 11.8. The number of aliphatic imine (C=N–C) groups is 1. The molecule has 1 aliphatic heterocycles. The molecule has 1 heterocycles. The first-order chi connectivity index (χ1) is 9.90. The van der Waals surface area contributed by atoms with Crippen molar-refractivity contribution in [1.29, 1.82) is 0 Å². The molecule has 0 spiro atoms. The Bertz CT molecular complexity index is 685. The smallest absolute Gasteiger partial charge is 0.286 e. The molecule has 2 N–H and O–H groups in total. The molecule has 0 atom stereocenters. The number of nitrogens with one attached hydrogen (secondary N) is 1. The van der Waals surface area contributed by atoms with Crippen molar-refractivity contribution < 1.29 is 19.4 Å². The third-order valence-corrected chi connectivity index (χ3v) is 3.98. The zero-order chi connectivity index (χ0) is 15.6. The van der Waals surface area contributed by atoms with Crippen LogP contribution in [0.1, 0.15) is 12.5 Å². The summed E-state index contributed by atoms with van der Waals surface area (Å²) in [6.07, 6.45) is 1.61. The number of rotatable bonds is 2. The fourth-order valence-electron chi connectivity index (χ4n) is 1.60. The Morgan fingerprint density at radius 1 is 1.52 bits per heavy atom. The van der Waals surface area contributed by atoms with Crippen LogP contribution < -0.4 is 10.1 Å². The van der Waals surface area contributed by atoms with Crippen LogP contribution in [-0.4, -0.2) is 29.2 Å². The molecule has 6 nitrogen and oxygen atoms in total. The second-order valence-electron chi connectivity index (χ2n) is 4.07. The Morgan fingerprint density at radius 3 is 2.86 bits per heavy atom. The summed E-state index contributed by atoms with van der Waals surface area (Å²) < 4.78 is 5.50. The summed E-state index contributed by atoms with van der Waals surface area (Å²) in [5, 5.41) is 12.5. The summed E-state index contributed by atoms with van der Waals surface area (Å²) in [6, 6.07) is 3.24. The van der Waals surface area contributed by atoms with Gasteiger partial charge in [0, 0.05) is 6.92 Å². The van der Waals surface area contributed by atoms with Crippen molar-refractivity contribution in [2.45, 2.75) is 6.92 Å². The Hall–Kier alpha value is -1.80. The van der Waals surface area contributed by atoms with Gasteiger partial charge < -0.3 is 15.2 Å². The number of nitrogens with zero attached hydrogens (tertiary/aromatic N) is 1. The molecule has 0 bridgehead atoms. The van der Waals surface area contributed by atoms with E-state index < -0.39 is 5.91 Å². The molecular formula is C13H11BrN2O4S. The number of thioether (sulfide) groups is 1. The van der Waals surface area contributed by atoms with Crippen molar-refractivity contribution in [1.82, 2.24) is 5.32 Å². The number of hydrogen-bond acceptors (Lipinski definition) is 5. The SMILES string of the molecule is COc1cc(/C=C2/SC(NC(C)=O)=NC2=O)cc(Br)c1O. The van der Waals surface area contributed by atoms with Crippen LogP contribution in [0, 0.1) is 0 Å². The van der Waals surface area contributed by atoms with Crippen molar-refractivity contribution in [3.05, 3.63) is 27.1 Å². The van der Waals surface area contributed by atoms with Gasteiger partial charge in [-0.05, 0) is 51.5 Å². The van der Waals surface area contributed by atoms with E-state index in [4.69, 9.17) is 4.74 Å². The number of amides is 2. The van der Waals surface area contributed by atoms with Crippen molar-refractivity contribution >= 4 is 50.7 Å². The van der Waals surface area contributed by atoms with Crippen molar-refractivity contribution in [3.63, 3.8) is 0 Å². The number of hydrogen-bond donors (Lipinski definition) is 2. The predicted octanol–water partition coefficient (Wildman–Crippen LogP) is 2.27. The molecule has 2 rings (SSSR count). The van der Waals surface area contributed by atoms with Crippen molar-refractivity contribution in [2.75, 3.05) is 7.11 Å². The average molecular weight is 371 g/mol. The molecule has 8 heteroatoms. The minimum absolute atomic E-state index is 0.0137. The monoisotopic (exact) mass is 370 g/mol.